The molecule has 0 saturated heterocycles. The molecule has 2 aromatic rings. The molecule has 1 aromatic heterocycles. The van der Waals surface area contributed by atoms with Gasteiger partial charge in [0.1, 0.15) is 5.82 Å². The summed E-state index contributed by atoms with van der Waals surface area (Å²) in [5.41, 5.74) is 2.04. The fourth-order valence-corrected chi connectivity index (χ4v) is 2.18. The van der Waals surface area contributed by atoms with E-state index in [1.165, 1.54) is 6.07 Å². The predicted molar refractivity (Wildman–Crippen MR) is 71.0 cm³/mol. The molecule has 96 valence electrons. The highest BCUT2D eigenvalue weighted by atomic mass is 19.1. The number of benzene rings is 1. The third-order valence-corrected chi connectivity index (χ3v) is 3.11. The zero-order chi connectivity index (χ0) is 13.0. The summed E-state index contributed by atoms with van der Waals surface area (Å²) in [4.78, 5) is 4.43. The lowest BCUT2D eigenvalue weighted by Gasteiger charge is -2.11. The number of nitrogens with zero attached hydrogens (tertiary/aromatic N) is 1. The summed E-state index contributed by atoms with van der Waals surface area (Å²) >= 11 is 0. The van der Waals surface area contributed by atoms with Crippen LogP contribution in [0.5, 0.6) is 0 Å². The first kappa shape index (κ1) is 13.0. The normalized spacial score (nSPS) is 11.1. The van der Waals surface area contributed by atoms with Gasteiger partial charge in [0.05, 0.1) is 12.3 Å². The van der Waals surface area contributed by atoms with Crippen LogP contribution < -0.4 is 0 Å². The number of hydrogen-bond acceptors (Lipinski definition) is 2. The lowest BCUT2D eigenvalue weighted by molar-refractivity contribution is 0.181. The minimum absolute atomic E-state index is 0.199. The molecule has 1 aromatic carbocycles. The Morgan fingerprint density at radius 3 is 2.89 bits per heavy atom. The van der Waals surface area contributed by atoms with E-state index in [1.54, 1.807) is 25.4 Å². The van der Waals surface area contributed by atoms with E-state index in [9.17, 15) is 4.39 Å². The van der Waals surface area contributed by atoms with Crippen molar-refractivity contribution in [2.24, 2.45) is 0 Å². The number of aryl methyl sites for hydroxylation is 1. The van der Waals surface area contributed by atoms with Crippen LogP contribution in [-0.2, 0) is 17.8 Å². The lowest BCUT2D eigenvalue weighted by Crippen LogP contribution is -2.01. The predicted octanol–water partition coefficient (Wildman–Crippen LogP) is 3.86. The molecule has 0 saturated carbocycles. The number of methoxy groups -OCH3 is 1. The van der Waals surface area contributed by atoms with E-state index in [4.69, 9.17) is 4.74 Å². The topological polar surface area (TPSA) is 22.1 Å². The number of fused-ring (bicyclic) bond motifs is 1. The van der Waals surface area contributed by atoms with Crippen molar-refractivity contribution in [1.29, 1.82) is 0 Å². The van der Waals surface area contributed by atoms with E-state index in [0.29, 0.717) is 6.61 Å². The molecule has 0 bridgehead atoms. The average Bonchev–Trinajstić information content (AvgIpc) is 2.37. The fourth-order valence-electron chi connectivity index (χ4n) is 2.18. The Morgan fingerprint density at radius 1 is 1.33 bits per heavy atom. The van der Waals surface area contributed by atoms with Crippen molar-refractivity contribution in [2.45, 2.75) is 32.8 Å². The molecule has 3 heteroatoms. The van der Waals surface area contributed by atoms with E-state index in [-0.39, 0.29) is 5.82 Å². The molecule has 0 atom stereocenters. The number of pyridine rings is 1. The SMILES string of the molecule is CCCCc1c(COC)ncc2ccc(F)cc12. The van der Waals surface area contributed by atoms with Crippen LogP contribution in [-0.4, -0.2) is 12.1 Å². The van der Waals surface area contributed by atoms with E-state index in [0.717, 1.165) is 41.3 Å². The van der Waals surface area contributed by atoms with Crippen molar-refractivity contribution >= 4 is 10.8 Å². The molecule has 0 aliphatic rings. The van der Waals surface area contributed by atoms with Gasteiger partial charge in [-0.1, -0.05) is 13.3 Å². The highest BCUT2D eigenvalue weighted by Crippen LogP contribution is 2.24. The van der Waals surface area contributed by atoms with Gasteiger partial charge in [0, 0.05) is 18.7 Å². The molecular weight excluding hydrogens is 229 g/mol. The smallest absolute Gasteiger partial charge is 0.123 e. The lowest BCUT2D eigenvalue weighted by atomic mass is 9.99. The van der Waals surface area contributed by atoms with Gasteiger partial charge in [-0.05, 0) is 42.0 Å². The Bertz CT molecular complexity index is 539. The number of unbranched alkanes of at least 4 members (excludes halogenated alkanes) is 1. The summed E-state index contributed by atoms with van der Waals surface area (Å²) in [6, 6.07) is 4.86. The minimum atomic E-state index is -0.199. The summed E-state index contributed by atoms with van der Waals surface area (Å²) in [5.74, 6) is -0.199. The van der Waals surface area contributed by atoms with Crippen molar-refractivity contribution in [3.8, 4) is 0 Å². The van der Waals surface area contributed by atoms with E-state index < -0.39 is 0 Å². The Balaban J connectivity index is 2.55. The van der Waals surface area contributed by atoms with Crippen LogP contribution >= 0.6 is 0 Å². The van der Waals surface area contributed by atoms with Crippen LogP contribution in [0, 0.1) is 5.82 Å². The van der Waals surface area contributed by atoms with Crippen molar-refractivity contribution < 1.29 is 9.13 Å². The molecule has 0 aliphatic carbocycles. The molecule has 2 rings (SSSR count). The molecule has 1 heterocycles. The molecule has 0 unspecified atom stereocenters. The Hall–Kier alpha value is -1.48. The molecule has 0 aliphatic heterocycles. The molecule has 0 fully saturated rings. The molecule has 2 nitrogen and oxygen atoms in total. The van der Waals surface area contributed by atoms with Gasteiger partial charge >= 0.3 is 0 Å². The Labute approximate surface area is 107 Å². The highest BCUT2D eigenvalue weighted by molar-refractivity contribution is 5.85. The first-order valence-corrected chi connectivity index (χ1v) is 6.31. The number of aromatic nitrogens is 1. The summed E-state index contributed by atoms with van der Waals surface area (Å²) in [7, 11) is 1.65. The number of ether oxygens (including phenoxy) is 1. The van der Waals surface area contributed by atoms with Gasteiger partial charge in [-0.3, -0.25) is 4.98 Å². The van der Waals surface area contributed by atoms with Crippen LogP contribution in [0.3, 0.4) is 0 Å². The van der Waals surface area contributed by atoms with Gasteiger partial charge in [-0.15, -0.1) is 0 Å². The number of hydrogen-bond donors (Lipinski definition) is 0. The Morgan fingerprint density at radius 2 is 2.17 bits per heavy atom. The minimum Gasteiger partial charge on any atom is -0.378 e. The van der Waals surface area contributed by atoms with E-state index in [1.807, 2.05) is 0 Å². The highest BCUT2D eigenvalue weighted by Gasteiger charge is 2.09. The van der Waals surface area contributed by atoms with E-state index in [2.05, 4.69) is 11.9 Å². The third kappa shape index (κ3) is 2.67. The van der Waals surface area contributed by atoms with Crippen LogP contribution in [0.2, 0.25) is 0 Å². The largest absolute Gasteiger partial charge is 0.378 e. The van der Waals surface area contributed by atoms with Crippen molar-refractivity contribution in [2.75, 3.05) is 7.11 Å². The molecular formula is C15H18FNO. The molecule has 18 heavy (non-hydrogen) atoms. The van der Waals surface area contributed by atoms with Crippen LogP contribution in [0.25, 0.3) is 10.8 Å². The molecule has 0 amide bonds. The van der Waals surface area contributed by atoms with Crippen molar-refractivity contribution in [3.63, 3.8) is 0 Å². The van der Waals surface area contributed by atoms with Gasteiger partial charge in [0.25, 0.3) is 0 Å². The maximum absolute atomic E-state index is 13.4. The first-order valence-electron chi connectivity index (χ1n) is 6.31. The van der Waals surface area contributed by atoms with Gasteiger partial charge in [-0.25, -0.2) is 4.39 Å². The fraction of sp³-hybridized carbons (Fsp3) is 0.400. The van der Waals surface area contributed by atoms with Gasteiger partial charge in [0.2, 0.25) is 0 Å². The van der Waals surface area contributed by atoms with Crippen molar-refractivity contribution in [1.82, 2.24) is 4.98 Å². The van der Waals surface area contributed by atoms with Crippen LogP contribution in [0.15, 0.2) is 24.4 Å². The van der Waals surface area contributed by atoms with Gasteiger partial charge in [0.15, 0.2) is 0 Å². The molecule has 0 radical (unpaired) electrons. The van der Waals surface area contributed by atoms with Gasteiger partial charge < -0.3 is 4.74 Å². The quantitative estimate of drug-likeness (QED) is 0.800. The maximum atomic E-state index is 13.4. The van der Waals surface area contributed by atoms with Crippen LogP contribution in [0.4, 0.5) is 4.39 Å². The zero-order valence-corrected chi connectivity index (χ0v) is 10.9. The summed E-state index contributed by atoms with van der Waals surface area (Å²) < 4.78 is 18.6. The standard InChI is InChI=1S/C15H18FNO/c1-3-4-5-13-14-8-12(16)7-6-11(14)9-17-15(13)10-18-2/h6-9H,3-5,10H2,1-2H3. The first-order chi connectivity index (χ1) is 8.76. The summed E-state index contributed by atoms with van der Waals surface area (Å²) in [6.07, 6.45) is 4.90. The maximum Gasteiger partial charge on any atom is 0.123 e. The molecule has 0 spiro atoms. The Kier molecular flexibility index (Phi) is 4.26. The molecule has 0 N–H and O–H groups in total. The second-order valence-electron chi connectivity index (χ2n) is 4.45. The zero-order valence-electron chi connectivity index (χ0n) is 10.9. The second-order valence-corrected chi connectivity index (χ2v) is 4.45. The monoisotopic (exact) mass is 247 g/mol. The third-order valence-electron chi connectivity index (χ3n) is 3.11. The summed E-state index contributed by atoms with van der Waals surface area (Å²) in [5, 5.41) is 1.95. The van der Waals surface area contributed by atoms with E-state index >= 15 is 0 Å². The summed E-state index contributed by atoms with van der Waals surface area (Å²) in [6.45, 7) is 2.63. The van der Waals surface area contributed by atoms with Gasteiger partial charge in [-0.2, -0.15) is 0 Å². The second kappa shape index (κ2) is 5.91. The number of rotatable bonds is 5. The number of halogens is 1. The van der Waals surface area contributed by atoms with Crippen LogP contribution in [0.1, 0.15) is 31.0 Å². The average molecular weight is 247 g/mol. The van der Waals surface area contributed by atoms with Crippen molar-refractivity contribution in [3.05, 3.63) is 41.5 Å².